The summed E-state index contributed by atoms with van der Waals surface area (Å²) < 4.78 is 0. The van der Waals surface area contributed by atoms with Gasteiger partial charge in [-0.15, -0.1) is 48.6 Å². The van der Waals surface area contributed by atoms with Gasteiger partial charge in [0.1, 0.15) is 0 Å². The third-order valence-corrected chi connectivity index (χ3v) is 2.16. The van der Waals surface area contributed by atoms with E-state index in [1.54, 1.807) is 11.3 Å². The molecule has 0 radical (unpaired) electrons. The topological polar surface area (TPSA) is 50.9 Å². The lowest BCUT2D eigenvalue weighted by atomic mass is 10.4. The van der Waals surface area contributed by atoms with Crippen LogP contribution in [0.15, 0.2) is 0 Å². The smallest absolute Gasteiger partial charge is 0.197 e. The van der Waals surface area contributed by atoms with E-state index < -0.39 is 0 Å². The highest BCUT2D eigenvalue weighted by Gasteiger charge is 1.99. The lowest BCUT2D eigenvalue weighted by Gasteiger charge is -1.85. The van der Waals surface area contributed by atoms with E-state index in [2.05, 4.69) is 10.4 Å². The van der Waals surface area contributed by atoms with E-state index in [0.29, 0.717) is 0 Å². The number of hydrazine groups is 1. The number of nitrogens with one attached hydrogen (secondary N) is 1. The Labute approximate surface area is 94.3 Å². The zero-order valence-corrected chi connectivity index (χ0v) is 9.92. The number of anilines is 1. The van der Waals surface area contributed by atoms with E-state index in [4.69, 9.17) is 5.84 Å². The van der Waals surface area contributed by atoms with E-state index >= 15 is 0 Å². The summed E-state index contributed by atoms with van der Waals surface area (Å²) in [7, 11) is 0. The van der Waals surface area contributed by atoms with Crippen molar-refractivity contribution in [3.63, 3.8) is 0 Å². The fourth-order valence-corrected chi connectivity index (χ4v) is 1.26. The van der Waals surface area contributed by atoms with Gasteiger partial charge in [-0.3, -0.25) is 5.43 Å². The summed E-state index contributed by atoms with van der Waals surface area (Å²) in [5.41, 5.74) is 3.55. The number of aromatic nitrogens is 1. The second kappa shape index (κ2) is 7.89. The first-order valence-corrected chi connectivity index (χ1v) is 3.46. The number of hydrogen-bond acceptors (Lipinski definition) is 4. The molecule has 12 heavy (non-hydrogen) atoms. The molecule has 1 heterocycles. The average Bonchev–Trinajstić information content (AvgIpc) is 2.13. The Morgan fingerprint density at radius 1 is 1.25 bits per heavy atom. The highest BCUT2D eigenvalue weighted by atomic mass is 35.5. The molecular weight excluding hydrogens is 241 g/mol. The first kappa shape index (κ1) is 18.1. The molecule has 0 saturated heterocycles. The first-order valence-electron chi connectivity index (χ1n) is 2.64. The van der Waals surface area contributed by atoms with Crippen molar-refractivity contribution < 1.29 is 0 Å². The minimum atomic E-state index is 0. The molecule has 0 fully saturated rings. The van der Waals surface area contributed by atoms with Gasteiger partial charge >= 0.3 is 0 Å². The maximum absolute atomic E-state index is 5.13. The number of thiazole rings is 1. The van der Waals surface area contributed by atoms with Crippen molar-refractivity contribution in [1.82, 2.24) is 4.98 Å². The molecule has 0 spiro atoms. The lowest BCUT2D eigenvalue weighted by molar-refractivity contribution is 1.20. The molecule has 1 aromatic heterocycles. The largest absolute Gasteiger partial charge is 0.300 e. The number of nitrogens with zero attached hydrogens (tertiary/aromatic N) is 1. The first-order chi connectivity index (χ1) is 4.24. The van der Waals surface area contributed by atoms with Crippen molar-refractivity contribution in [2.45, 2.75) is 13.8 Å². The third kappa shape index (κ3) is 4.33. The van der Waals surface area contributed by atoms with E-state index in [1.165, 1.54) is 4.88 Å². The molecular formula is C5H12Cl3N3S. The van der Waals surface area contributed by atoms with Crippen LogP contribution in [0.4, 0.5) is 5.13 Å². The molecule has 3 N–H and O–H groups in total. The van der Waals surface area contributed by atoms with E-state index in [-0.39, 0.29) is 37.2 Å². The minimum Gasteiger partial charge on any atom is -0.300 e. The fraction of sp³-hybridized carbons (Fsp3) is 0.400. The van der Waals surface area contributed by atoms with E-state index in [1.807, 2.05) is 13.8 Å². The highest BCUT2D eigenvalue weighted by molar-refractivity contribution is 7.15. The molecule has 0 amide bonds. The van der Waals surface area contributed by atoms with Crippen molar-refractivity contribution >= 4 is 53.7 Å². The number of nitrogens with two attached hydrogens (primary N) is 1. The molecule has 1 aromatic rings. The van der Waals surface area contributed by atoms with Crippen LogP contribution in [0.25, 0.3) is 0 Å². The molecule has 1 rings (SSSR count). The molecule has 0 aliphatic heterocycles. The summed E-state index contributed by atoms with van der Waals surface area (Å²) in [5, 5.41) is 0.782. The lowest BCUT2D eigenvalue weighted by Crippen LogP contribution is -2.05. The molecule has 0 saturated carbocycles. The van der Waals surface area contributed by atoms with Gasteiger partial charge in [0.2, 0.25) is 0 Å². The molecule has 0 atom stereocenters. The molecule has 0 aromatic carbocycles. The summed E-state index contributed by atoms with van der Waals surface area (Å²) in [4.78, 5) is 5.32. The molecule has 3 nitrogen and oxygen atoms in total. The van der Waals surface area contributed by atoms with Crippen LogP contribution in [-0.2, 0) is 0 Å². The van der Waals surface area contributed by atoms with Gasteiger partial charge in [-0.05, 0) is 13.8 Å². The summed E-state index contributed by atoms with van der Waals surface area (Å²) >= 11 is 1.57. The zero-order chi connectivity index (χ0) is 6.85. The van der Waals surface area contributed by atoms with Crippen LogP contribution in [0.1, 0.15) is 10.6 Å². The second-order valence-corrected chi connectivity index (χ2v) is 3.01. The van der Waals surface area contributed by atoms with Crippen LogP contribution in [0, 0.1) is 13.8 Å². The van der Waals surface area contributed by atoms with Gasteiger partial charge in [-0.2, -0.15) is 0 Å². The SMILES string of the molecule is Cc1nc(NN)sc1C.Cl.Cl.Cl. The van der Waals surface area contributed by atoms with Crippen LogP contribution in [0.3, 0.4) is 0 Å². The van der Waals surface area contributed by atoms with Crippen LogP contribution in [-0.4, -0.2) is 4.98 Å². The minimum absolute atomic E-state index is 0. The molecule has 0 unspecified atom stereocenters. The summed E-state index contributed by atoms with van der Waals surface area (Å²) in [6, 6.07) is 0. The number of halogens is 3. The van der Waals surface area contributed by atoms with Gasteiger partial charge in [-0.1, -0.05) is 0 Å². The molecule has 0 aliphatic carbocycles. The van der Waals surface area contributed by atoms with Gasteiger partial charge in [0, 0.05) is 4.88 Å². The predicted molar refractivity (Wildman–Crippen MR) is 61.1 cm³/mol. The quantitative estimate of drug-likeness (QED) is 0.596. The Hall–Kier alpha value is 0.260. The van der Waals surface area contributed by atoms with Crippen LogP contribution >= 0.6 is 48.6 Å². The molecule has 74 valence electrons. The molecule has 0 aliphatic rings. The maximum atomic E-state index is 5.13. The third-order valence-electron chi connectivity index (χ3n) is 1.15. The molecule has 7 heteroatoms. The van der Waals surface area contributed by atoms with E-state index in [0.717, 1.165) is 10.8 Å². The zero-order valence-electron chi connectivity index (χ0n) is 6.66. The van der Waals surface area contributed by atoms with Crippen LogP contribution in [0.5, 0.6) is 0 Å². The van der Waals surface area contributed by atoms with Gasteiger partial charge in [0.15, 0.2) is 5.13 Å². The predicted octanol–water partition coefficient (Wildman–Crippen LogP) is 2.31. The normalized spacial score (nSPS) is 7.25. The van der Waals surface area contributed by atoms with Crippen molar-refractivity contribution in [2.24, 2.45) is 5.84 Å². The highest BCUT2D eigenvalue weighted by Crippen LogP contribution is 2.19. The van der Waals surface area contributed by atoms with Gasteiger partial charge in [-0.25, -0.2) is 10.8 Å². The van der Waals surface area contributed by atoms with Crippen LogP contribution < -0.4 is 11.3 Å². The van der Waals surface area contributed by atoms with Crippen molar-refractivity contribution in [3.05, 3.63) is 10.6 Å². The Kier molecular flexibility index (Phi) is 11.9. The van der Waals surface area contributed by atoms with Crippen molar-refractivity contribution in [3.8, 4) is 0 Å². The maximum Gasteiger partial charge on any atom is 0.197 e. The summed E-state index contributed by atoms with van der Waals surface area (Å²) in [6.45, 7) is 3.99. The second-order valence-electron chi connectivity index (χ2n) is 1.80. The van der Waals surface area contributed by atoms with Crippen molar-refractivity contribution in [1.29, 1.82) is 0 Å². The Bertz CT molecular complexity index is 196. The monoisotopic (exact) mass is 251 g/mol. The average molecular weight is 253 g/mol. The Morgan fingerprint density at radius 3 is 1.92 bits per heavy atom. The number of hydrogen-bond donors (Lipinski definition) is 2. The fourth-order valence-electron chi connectivity index (χ4n) is 0.534. The van der Waals surface area contributed by atoms with Gasteiger partial charge < -0.3 is 0 Å². The van der Waals surface area contributed by atoms with Crippen LogP contribution in [0.2, 0.25) is 0 Å². The molecule has 0 bridgehead atoms. The Morgan fingerprint density at radius 2 is 1.75 bits per heavy atom. The van der Waals surface area contributed by atoms with Gasteiger partial charge in [0.05, 0.1) is 5.69 Å². The summed E-state index contributed by atoms with van der Waals surface area (Å²) in [6.07, 6.45) is 0. The van der Waals surface area contributed by atoms with Crippen molar-refractivity contribution in [2.75, 3.05) is 5.43 Å². The number of aryl methyl sites for hydroxylation is 2. The van der Waals surface area contributed by atoms with E-state index in [9.17, 15) is 0 Å². The number of rotatable bonds is 1. The standard InChI is InChI=1S/C5H9N3S.3ClH/c1-3-4(2)9-5(7-3)8-6;;;/h6H2,1-2H3,(H,7,8);3*1H. The number of nitrogen functional groups attached to an aromatic ring is 1. The van der Waals surface area contributed by atoms with Gasteiger partial charge in [0.25, 0.3) is 0 Å². The Balaban J connectivity index is -0.000000270. The summed E-state index contributed by atoms with van der Waals surface area (Å²) in [5.74, 6) is 5.13.